The molecule has 0 spiro atoms. The highest BCUT2D eigenvalue weighted by atomic mass is 32.2. The van der Waals surface area contributed by atoms with Crippen LogP contribution in [0.4, 0.5) is 0 Å². The molecule has 0 fully saturated rings. The number of unbranched alkanes of at least 4 members (excludes halogenated alkanes) is 2. The Bertz CT molecular complexity index is 766. The van der Waals surface area contributed by atoms with Crippen molar-refractivity contribution < 1.29 is 9.53 Å². The second kappa shape index (κ2) is 10.9. The van der Waals surface area contributed by atoms with Gasteiger partial charge in [-0.25, -0.2) is 0 Å². The van der Waals surface area contributed by atoms with E-state index in [1.165, 1.54) is 23.8 Å². The molecule has 3 aromatic carbocycles. The van der Waals surface area contributed by atoms with E-state index in [-0.39, 0.29) is 10.7 Å². The number of benzene rings is 3. The van der Waals surface area contributed by atoms with Crippen LogP contribution >= 0.6 is 11.8 Å². The van der Waals surface area contributed by atoms with E-state index in [0.29, 0.717) is 6.42 Å². The van der Waals surface area contributed by atoms with Crippen molar-refractivity contribution in [3.05, 3.63) is 108 Å². The molecular formula is C26H28O2S. The van der Waals surface area contributed by atoms with Crippen LogP contribution in [0.15, 0.2) is 91.0 Å². The van der Waals surface area contributed by atoms with E-state index in [1.54, 1.807) is 0 Å². The molecule has 0 bridgehead atoms. The Balaban J connectivity index is 1.88. The Morgan fingerprint density at radius 2 is 1.17 bits per heavy atom. The maximum absolute atomic E-state index is 11.3. The van der Waals surface area contributed by atoms with Crippen LogP contribution in [0.1, 0.15) is 42.4 Å². The summed E-state index contributed by atoms with van der Waals surface area (Å²) in [7, 11) is 1.45. The average Bonchev–Trinajstić information content (AvgIpc) is 2.80. The summed E-state index contributed by atoms with van der Waals surface area (Å²) in [5.41, 5.74) is 3.87. The van der Waals surface area contributed by atoms with Gasteiger partial charge in [-0.05, 0) is 35.3 Å². The molecule has 0 heterocycles. The van der Waals surface area contributed by atoms with Crippen molar-refractivity contribution in [2.75, 3.05) is 12.9 Å². The lowest BCUT2D eigenvalue weighted by molar-refractivity contribution is -0.140. The number of rotatable bonds is 10. The van der Waals surface area contributed by atoms with Crippen LogP contribution in [0.3, 0.4) is 0 Å². The highest BCUT2D eigenvalue weighted by molar-refractivity contribution is 8.00. The van der Waals surface area contributed by atoms with Crippen LogP contribution in [0.5, 0.6) is 0 Å². The van der Waals surface area contributed by atoms with Crippen molar-refractivity contribution in [3.63, 3.8) is 0 Å². The molecule has 29 heavy (non-hydrogen) atoms. The first kappa shape index (κ1) is 21.2. The van der Waals surface area contributed by atoms with E-state index in [0.717, 1.165) is 25.0 Å². The molecule has 0 saturated carbocycles. The zero-order chi connectivity index (χ0) is 20.4. The minimum Gasteiger partial charge on any atom is -0.469 e. The highest BCUT2D eigenvalue weighted by Crippen LogP contribution is 2.48. The third-order valence-corrected chi connectivity index (χ3v) is 6.75. The predicted molar refractivity (Wildman–Crippen MR) is 122 cm³/mol. The number of carbonyl (C=O) groups excluding carboxylic acids is 1. The summed E-state index contributed by atoms with van der Waals surface area (Å²) in [4.78, 5) is 11.3. The monoisotopic (exact) mass is 404 g/mol. The van der Waals surface area contributed by atoms with Gasteiger partial charge in [-0.3, -0.25) is 4.79 Å². The number of thioether (sulfide) groups is 1. The zero-order valence-corrected chi connectivity index (χ0v) is 17.7. The molecule has 0 aliphatic heterocycles. The summed E-state index contributed by atoms with van der Waals surface area (Å²) in [6.45, 7) is 0. The lowest BCUT2D eigenvalue weighted by atomic mass is 9.84. The Morgan fingerprint density at radius 3 is 1.59 bits per heavy atom. The second-order valence-corrected chi connectivity index (χ2v) is 8.32. The molecule has 0 unspecified atom stereocenters. The van der Waals surface area contributed by atoms with Crippen LogP contribution in [0.25, 0.3) is 0 Å². The smallest absolute Gasteiger partial charge is 0.305 e. The minimum atomic E-state index is -0.258. The Labute approximate surface area is 178 Å². The quantitative estimate of drug-likeness (QED) is 0.221. The van der Waals surface area contributed by atoms with Crippen LogP contribution < -0.4 is 0 Å². The van der Waals surface area contributed by atoms with Gasteiger partial charge in [-0.1, -0.05) is 97.4 Å². The average molecular weight is 405 g/mol. The lowest BCUT2D eigenvalue weighted by Gasteiger charge is -2.35. The van der Waals surface area contributed by atoms with Crippen molar-refractivity contribution in [2.45, 2.75) is 30.4 Å². The molecule has 2 nitrogen and oxygen atoms in total. The van der Waals surface area contributed by atoms with Crippen LogP contribution in [-0.2, 0) is 14.3 Å². The number of carbonyl (C=O) groups is 1. The Hall–Kier alpha value is -2.52. The molecule has 0 saturated heterocycles. The van der Waals surface area contributed by atoms with Gasteiger partial charge in [0.2, 0.25) is 0 Å². The first-order valence-corrected chi connectivity index (χ1v) is 11.1. The zero-order valence-electron chi connectivity index (χ0n) is 16.9. The topological polar surface area (TPSA) is 26.3 Å². The van der Waals surface area contributed by atoms with Gasteiger partial charge in [0.05, 0.1) is 11.9 Å². The summed E-state index contributed by atoms with van der Waals surface area (Å²) in [5, 5.41) is 0. The van der Waals surface area contributed by atoms with E-state index in [9.17, 15) is 4.79 Å². The SMILES string of the molecule is COC(=O)CCCCCSC(c1ccccc1)(c1ccccc1)c1ccccc1. The third kappa shape index (κ3) is 5.30. The van der Waals surface area contributed by atoms with Gasteiger partial charge in [-0.2, -0.15) is 0 Å². The molecule has 0 aliphatic carbocycles. The Kier molecular flexibility index (Phi) is 7.94. The fraction of sp³-hybridized carbons (Fsp3) is 0.269. The highest BCUT2D eigenvalue weighted by Gasteiger charge is 2.36. The van der Waals surface area contributed by atoms with Gasteiger partial charge in [0, 0.05) is 6.42 Å². The molecule has 3 heteroatoms. The van der Waals surface area contributed by atoms with Crippen LogP contribution in [-0.4, -0.2) is 18.8 Å². The molecule has 0 atom stereocenters. The predicted octanol–water partition coefficient (Wildman–Crippen LogP) is 6.45. The van der Waals surface area contributed by atoms with E-state index in [1.807, 2.05) is 11.8 Å². The van der Waals surface area contributed by atoms with E-state index in [4.69, 9.17) is 4.74 Å². The summed E-state index contributed by atoms with van der Waals surface area (Å²) in [6, 6.07) is 32.3. The van der Waals surface area contributed by atoms with Crippen molar-refractivity contribution in [1.82, 2.24) is 0 Å². The van der Waals surface area contributed by atoms with Gasteiger partial charge >= 0.3 is 5.97 Å². The standard InChI is InChI=1S/C26H28O2S/c1-28-25(27)20-12-5-13-21-29-26(22-14-6-2-7-15-22,23-16-8-3-9-17-23)24-18-10-4-11-19-24/h2-4,6-11,14-19H,5,12-13,20-21H2,1H3. The summed E-state index contributed by atoms with van der Waals surface area (Å²) >= 11 is 1.98. The maximum atomic E-state index is 11.3. The summed E-state index contributed by atoms with van der Waals surface area (Å²) in [5.74, 6) is 0.893. The molecule has 0 N–H and O–H groups in total. The molecule has 0 amide bonds. The van der Waals surface area contributed by atoms with Gasteiger partial charge in [0.1, 0.15) is 0 Å². The van der Waals surface area contributed by atoms with E-state index in [2.05, 4.69) is 91.0 Å². The number of ether oxygens (including phenoxy) is 1. The number of hydrogen-bond acceptors (Lipinski definition) is 3. The first-order valence-electron chi connectivity index (χ1n) is 10.1. The molecule has 3 aromatic rings. The van der Waals surface area contributed by atoms with Crippen LogP contribution in [0.2, 0.25) is 0 Å². The molecule has 0 aromatic heterocycles. The van der Waals surface area contributed by atoms with Crippen molar-refractivity contribution >= 4 is 17.7 Å². The largest absolute Gasteiger partial charge is 0.469 e. The fourth-order valence-corrected chi connectivity index (χ4v) is 5.21. The van der Waals surface area contributed by atoms with Gasteiger partial charge in [0.15, 0.2) is 0 Å². The molecule has 0 aliphatic rings. The van der Waals surface area contributed by atoms with Gasteiger partial charge < -0.3 is 4.74 Å². The minimum absolute atomic E-state index is 0.121. The summed E-state index contributed by atoms with van der Waals surface area (Å²) in [6.07, 6.45) is 3.47. The molecular weight excluding hydrogens is 376 g/mol. The lowest BCUT2D eigenvalue weighted by Crippen LogP contribution is -2.26. The molecule has 150 valence electrons. The second-order valence-electron chi connectivity index (χ2n) is 7.01. The van der Waals surface area contributed by atoms with E-state index >= 15 is 0 Å². The first-order chi connectivity index (χ1) is 14.3. The van der Waals surface area contributed by atoms with E-state index < -0.39 is 0 Å². The number of hydrogen-bond donors (Lipinski definition) is 0. The fourth-order valence-electron chi connectivity index (χ4n) is 3.64. The van der Waals surface area contributed by atoms with Crippen LogP contribution in [0, 0.1) is 0 Å². The molecule has 0 radical (unpaired) electrons. The summed E-state index contributed by atoms with van der Waals surface area (Å²) < 4.78 is 4.48. The van der Waals surface area contributed by atoms with Gasteiger partial charge in [-0.15, -0.1) is 11.8 Å². The maximum Gasteiger partial charge on any atom is 0.305 e. The van der Waals surface area contributed by atoms with Crippen molar-refractivity contribution in [2.24, 2.45) is 0 Å². The normalized spacial score (nSPS) is 11.2. The van der Waals surface area contributed by atoms with Gasteiger partial charge in [0.25, 0.3) is 0 Å². The molecule has 3 rings (SSSR count). The Morgan fingerprint density at radius 1 is 0.724 bits per heavy atom. The number of methoxy groups -OCH3 is 1. The van der Waals surface area contributed by atoms with Crippen molar-refractivity contribution in [1.29, 1.82) is 0 Å². The number of esters is 1. The van der Waals surface area contributed by atoms with Crippen molar-refractivity contribution in [3.8, 4) is 0 Å². The third-order valence-electron chi connectivity index (χ3n) is 5.11.